The summed E-state index contributed by atoms with van der Waals surface area (Å²) in [4.78, 5) is 12.5. The van der Waals surface area contributed by atoms with Gasteiger partial charge in [-0.25, -0.2) is 0 Å². The Morgan fingerprint density at radius 3 is 1.00 bits per heavy atom. The fourth-order valence-electron chi connectivity index (χ4n) is 8.43. The smallest absolute Gasteiger partial charge is 0.249 e. The van der Waals surface area contributed by atoms with Gasteiger partial charge >= 0.3 is 0 Å². The number of carbonyl (C=O) groups excluding carboxylic acids is 1. The van der Waals surface area contributed by atoms with E-state index in [1.807, 2.05) is 6.08 Å². The average Bonchev–Trinajstić information content (AvgIpc) is 3.26. The maximum Gasteiger partial charge on any atom is 0.249 e. The number of hydrogen-bond donors (Lipinski definition) is 4. The predicted molar refractivity (Wildman–Crippen MR) is 268 cm³/mol. The Labute approximate surface area is 381 Å². The Hall–Kier alpha value is -1.43. The minimum absolute atomic E-state index is 0.374. The fourth-order valence-corrected chi connectivity index (χ4v) is 8.43. The van der Waals surface area contributed by atoms with E-state index in [0.717, 1.165) is 38.5 Å². The maximum atomic E-state index is 12.5. The highest BCUT2D eigenvalue weighted by atomic mass is 16.3. The first-order valence-corrected chi connectivity index (χ1v) is 27.3. The highest BCUT2D eigenvalue weighted by Gasteiger charge is 2.22. The minimum Gasteiger partial charge on any atom is -0.394 e. The van der Waals surface area contributed by atoms with Crippen LogP contribution < -0.4 is 5.32 Å². The van der Waals surface area contributed by atoms with Gasteiger partial charge < -0.3 is 20.6 Å². The zero-order chi connectivity index (χ0) is 44.4. The van der Waals surface area contributed by atoms with Crippen molar-refractivity contribution in [1.29, 1.82) is 0 Å². The van der Waals surface area contributed by atoms with Crippen molar-refractivity contribution < 1.29 is 20.1 Å². The molecule has 0 radical (unpaired) electrons. The third kappa shape index (κ3) is 46.4. The van der Waals surface area contributed by atoms with Gasteiger partial charge in [0.2, 0.25) is 5.91 Å². The van der Waals surface area contributed by atoms with Crippen LogP contribution in [0.5, 0.6) is 0 Å². The Bertz CT molecular complexity index is 947. The summed E-state index contributed by atoms with van der Waals surface area (Å²) >= 11 is 0. The van der Waals surface area contributed by atoms with Crippen molar-refractivity contribution in [2.24, 2.45) is 0 Å². The van der Waals surface area contributed by atoms with E-state index in [1.54, 1.807) is 6.08 Å². The van der Waals surface area contributed by atoms with Gasteiger partial charge in [0.1, 0.15) is 6.10 Å². The lowest BCUT2D eigenvalue weighted by Gasteiger charge is -2.21. The van der Waals surface area contributed by atoms with Gasteiger partial charge in [-0.15, -0.1) is 0 Å². The molecule has 0 saturated carbocycles. The van der Waals surface area contributed by atoms with Crippen LogP contribution in [0.3, 0.4) is 0 Å². The maximum absolute atomic E-state index is 12.5. The molecule has 0 aromatic rings. The predicted octanol–water partition coefficient (Wildman–Crippen LogP) is 16.7. The Balaban J connectivity index is 3.55. The monoisotopic (exact) mass is 858 g/mol. The number of rotatable bonds is 50. The molecule has 3 unspecified atom stereocenters. The summed E-state index contributed by atoms with van der Waals surface area (Å²) in [5, 5.41) is 33.3. The summed E-state index contributed by atoms with van der Waals surface area (Å²) in [7, 11) is 0. The van der Waals surface area contributed by atoms with Crippen LogP contribution in [0.2, 0.25) is 0 Å². The van der Waals surface area contributed by atoms with Gasteiger partial charge in [-0.2, -0.15) is 0 Å². The van der Waals surface area contributed by atoms with Gasteiger partial charge in [-0.1, -0.05) is 269 Å². The van der Waals surface area contributed by atoms with E-state index in [4.69, 9.17) is 0 Å². The lowest BCUT2D eigenvalue weighted by Crippen LogP contribution is -2.48. The molecule has 4 N–H and O–H groups in total. The first-order chi connectivity index (χ1) is 30.1. The van der Waals surface area contributed by atoms with Crippen molar-refractivity contribution in [3.63, 3.8) is 0 Å². The molecule has 5 heteroatoms. The number of aliphatic hydroxyl groups is 3. The molecule has 3 atom stereocenters. The van der Waals surface area contributed by atoms with Crippen LogP contribution in [-0.2, 0) is 4.79 Å². The topological polar surface area (TPSA) is 89.8 Å². The quantitative estimate of drug-likeness (QED) is 0.0362. The summed E-state index contributed by atoms with van der Waals surface area (Å²) in [6.07, 6.45) is 66.5. The number of nitrogens with one attached hydrogen (secondary N) is 1. The molecule has 0 aromatic heterocycles. The molecule has 0 aliphatic carbocycles. The molecule has 0 rings (SSSR count). The SMILES string of the molecule is CCCCCCCCCCCC/C=C/CC/C=C/C(O)C(CO)NC(=O)C(O)CCCCCCCCCCCCCCCCC/C=C\CCCCCCCCCCCCCC. The van der Waals surface area contributed by atoms with Crippen molar-refractivity contribution in [2.75, 3.05) is 6.61 Å². The summed E-state index contributed by atoms with van der Waals surface area (Å²) in [5.74, 6) is -0.510. The summed E-state index contributed by atoms with van der Waals surface area (Å²) < 4.78 is 0. The second-order valence-corrected chi connectivity index (χ2v) is 18.8. The number of aliphatic hydroxyl groups excluding tert-OH is 3. The molecular formula is C56H107NO4. The standard InChI is InChI=1S/C56H107NO4/c1-3-5-7-9-11-13-15-17-19-21-22-23-24-25-26-27-28-29-30-31-32-33-34-35-37-39-41-43-45-47-49-51-55(60)56(61)57-53(52-58)54(59)50-48-46-44-42-40-38-36-20-18-16-14-12-10-8-6-4-2/h25-26,40,42,48,50,53-55,58-60H,3-24,27-39,41,43-47,49,51-52H2,1-2H3,(H,57,61)/b26-25-,42-40+,50-48+. The fraction of sp³-hybridized carbons (Fsp3) is 0.875. The summed E-state index contributed by atoms with van der Waals surface area (Å²) in [6, 6.07) is -0.813. The van der Waals surface area contributed by atoms with Crippen LogP contribution >= 0.6 is 0 Å². The van der Waals surface area contributed by atoms with Crippen LogP contribution in [-0.4, -0.2) is 46.1 Å². The first kappa shape index (κ1) is 59.6. The van der Waals surface area contributed by atoms with Gasteiger partial charge in [0, 0.05) is 0 Å². The van der Waals surface area contributed by atoms with Crippen molar-refractivity contribution in [2.45, 2.75) is 308 Å². The van der Waals surface area contributed by atoms with Gasteiger partial charge in [0.25, 0.3) is 0 Å². The molecule has 61 heavy (non-hydrogen) atoms. The van der Waals surface area contributed by atoms with E-state index in [1.165, 1.54) is 231 Å². The molecule has 0 spiro atoms. The molecule has 0 fully saturated rings. The van der Waals surface area contributed by atoms with Crippen molar-refractivity contribution in [3.8, 4) is 0 Å². The van der Waals surface area contributed by atoms with E-state index >= 15 is 0 Å². The molecular weight excluding hydrogens is 751 g/mol. The number of carbonyl (C=O) groups is 1. The van der Waals surface area contributed by atoms with Crippen LogP contribution in [0.15, 0.2) is 36.5 Å². The van der Waals surface area contributed by atoms with E-state index in [2.05, 4.69) is 43.5 Å². The molecule has 1 amide bonds. The zero-order valence-electron chi connectivity index (χ0n) is 41.1. The number of hydrogen-bond acceptors (Lipinski definition) is 4. The van der Waals surface area contributed by atoms with E-state index in [-0.39, 0.29) is 6.61 Å². The first-order valence-electron chi connectivity index (χ1n) is 27.3. The van der Waals surface area contributed by atoms with Gasteiger partial charge in [0.15, 0.2) is 0 Å². The normalized spacial score (nSPS) is 13.6. The average molecular weight is 858 g/mol. The summed E-state index contributed by atoms with van der Waals surface area (Å²) in [6.45, 7) is 4.19. The van der Waals surface area contributed by atoms with Crippen molar-refractivity contribution >= 4 is 5.91 Å². The van der Waals surface area contributed by atoms with Crippen LogP contribution in [0.4, 0.5) is 0 Å². The molecule has 5 nitrogen and oxygen atoms in total. The molecule has 0 bridgehead atoms. The molecule has 0 aliphatic rings. The van der Waals surface area contributed by atoms with E-state index in [9.17, 15) is 20.1 Å². The number of amides is 1. The number of unbranched alkanes of at least 4 members (excludes halogenated alkanes) is 38. The molecule has 0 aliphatic heterocycles. The van der Waals surface area contributed by atoms with Gasteiger partial charge in [-0.3, -0.25) is 4.79 Å². The largest absolute Gasteiger partial charge is 0.394 e. The third-order valence-electron chi connectivity index (χ3n) is 12.7. The lowest BCUT2D eigenvalue weighted by atomic mass is 10.0. The van der Waals surface area contributed by atoms with Crippen molar-refractivity contribution in [1.82, 2.24) is 5.32 Å². The van der Waals surface area contributed by atoms with Gasteiger partial charge in [-0.05, 0) is 57.8 Å². The third-order valence-corrected chi connectivity index (χ3v) is 12.7. The zero-order valence-corrected chi connectivity index (χ0v) is 41.1. The highest BCUT2D eigenvalue weighted by Crippen LogP contribution is 2.17. The minimum atomic E-state index is -1.10. The summed E-state index contributed by atoms with van der Waals surface area (Å²) in [5.41, 5.74) is 0. The van der Waals surface area contributed by atoms with Crippen molar-refractivity contribution in [3.05, 3.63) is 36.5 Å². The Morgan fingerprint density at radius 1 is 0.393 bits per heavy atom. The van der Waals surface area contributed by atoms with Crippen LogP contribution in [0.1, 0.15) is 290 Å². The molecule has 0 saturated heterocycles. The Kier molecular flexibility index (Phi) is 50.0. The second-order valence-electron chi connectivity index (χ2n) is 18.8. The Morgan fingerprint density at radius 2 is 0.672 bits per heavy atom. The van der Waals surface area contributed by atoms with Crippen LogP contribution in [0, 0.1) is 0 Å². The molecule has 0 heterocycles. The van der Waals surface area contributed by atoms with E-state index in [0.29, 0.717) is 6.42 Å². The molecule has 360 valence electrons. The lowest BCUT2D eigenvalue weighted by molar-refractivity contribution is -0.131. The van der Waals surface area contributed by atoms with E-state index < -0.39 is 24.2 Å². The second kappa shape index (κ2) is 51.2. The number of allylic oxidation sites excluding steroid dienone is 5. The highest BCUT2D eigenvalue weighted by molar-refractivity contribution is 5.80. The van der Waals surface area contributed by atoms with Crippen LogP contribution in [0.25, 0.3) is 0 Å². The van der Waals surface area contributed by atoms with Gasteiger partial charge in [0.05, 0.1) is 18.8 Å². The molecule has 0 aromatic carbocycles.